The van der Waals surface area contributed by atoms with E-state index in [1.54, 1.807) is 20.8 Å². The van der Waals surface area contributed by atoms with Crippen LogP contribution < -0.4 is 11.2 Å². The van der Waals surface area contributed by atoms with E-state index in [0.717, 1.165) is 0 Å². The van der Waals surface area contributed by atoms with Crippen LogP contribution in [-0.2, 0) is 4.84 Å². The van der Waals surface area contributed by atoms with Gasteiger partial charge in [0.1, 0.15) is 5.82 Å². The Labute approximate surface area is 99.9 Å². The summed E-state index contributed by atoms with van der Waals surface area (Å²) in [7, 11) is 0. The first-order chi connectivity index (χ1) is 7.91. The first-order valence-electron chi connectivity index (χ1n) is 5.36. The molecule has 0 bridgehead atoms. The van der Waals surface area contributed by atoms with Crippen LogP contribution in [0.2, 0.25) is 0 Å². The number of hydrogen-bond donors (Lipinski definition) is 2. The fraction of sp³-hybridized carbons (Fsp3) is 0.417. The Kier molecular flexibility index (Phi) is 4.60. The lowest BCUT2D eigenvalue weighted by Crippen LogP contribution is -2.31. The second-order valence-electron chi connectivity index (χ2n) is 4.13. The molecule has 1 aromatic carbocycles. The van der Waals surface area contributed by atoms with Crippen LogP contribution in [0, 0.1) is 19.7 Å². The topological polar surface area (TPSA) is 64.3 Å². The standard InChI is InChI=1S/C12H17FN2O2/c1-7-4-10(13)5-8(2)11(7)12(16)15-17-6-9(3)14/h4-5,9H,6,14H2,1-3H3,(H,15,16). The van der Waals surface area contributed by atoms with Crippen molar-refractivity contribution in [2.24, 2.45) is 5.73 Å². The predicted molar refractivity (Wildman–Crippen MR) is 62.9 cm³/mol. The van der Waals surface area contributed by atoms with Crippen molar-refractivity contribution in [3.8, 4) is 0 Å². The van der Waals surface area contributed by atoms with E-state index < -0.39 is 0 Å². The van der Waals surface area contributed by atoms with Gasteiger partial charge in [0.2, 0.25) is 0 Å². The van der Waals surface area contributed by atoms with Crippen LogP contribution >= 0.6 is 0 Å². The monoisotopic (exact) mass is 240 g/mol. The van der Waals surface area contributed by atoms with Crippen LogP contribution in [0.5, 0.6) is 0 Å². The van der Waals surface area contributed by atoms with Crippen LogP contribution in [0.4, 0.5) is 4.39 Å². The molecule has 1 aromatic rings. The van der Waals surface area contributed by atoms with Gasteiger partial charge in [-0.15, -0.1) is 0 Å². The lowest BCUT2D eigenvalue weighted by molar-refractivity contribution is 0.0274. The highest BCUT2D eigenvalue weighted by Crippen LogP contribution is 2.15. The summed E-state index contributed by atoms with van der Waals surface area (Å²) >= 11 is 0. The van der Waals surface area contributed by atoms with Gasteiger partial charge in [0.25, 0.3) is 5.91 Å². The number of halogens is 1. The molecule has 0 aliphatic carbocycles. The summed E-state index contributed by atoms with van der Waals surface area (Å²) in [6, 6.07) is 2.46. The SMILES string of the molecule is Cc1cc(F)cc(C)c1C(=O)NOCC(C)N. The number of rotatable bonds is 4. The molecule has 0 spiro atoms. The third-order valence-electron chi connectivity index (χ3n) is 2.24. The molecule has 3 N–H and O–H groups in total. The summed E-state index contributed by atoms with van der Waals surface area (Å²) in [5.74, 6) is -0.742. The first kappa shape index (κ1) is 13.6. The Bertz CT molecular complexity index is 396. The van der Waals surface area contributed by atoms with Gasteiger partial charge in [0.05, 0.1) is 6.61 Å². The normalized spacial score (nSPS) is 12.3. The Balaban J connectivity index is 2.76. The summed E-state index contributed by atoms with van der Waals surface area (Å²) in [6.07, 6.45) is 0. The summed E-state index contributed by atoms with van der Waals surface area (Å²) in [5.41, 5.74) is 9.34. The summed E-state index contributed by atoms with van der Waals surface area (Å²) in [4.78, 5) is 16.7. The van der Waals surface area contributed by atoms with Gasteiger partial charge in [0, 0.05) is 11.6 Å². The lowest BCUT2D eigenvalue weighted by atomic mass is 10.0. The van der Waals surface area contributed by atoms with E-state index in [4.69, 9.17) is 10.6 Å². The molecule has 0 aliphatic rings. The smallest absolute Gasteiger partial charge is 0.275 e. The van der Waals surface area contributed by atoms with Gasteiger partial charge in [0.15, 0.2) is 0 Å². The summed E-state index contributed by atoms with van der Waals surface area (Å²) in [6.45, 7) is 5.35. The molecule has 0 saturated carbocycles. The molecule has 0 radical (unpaired) electrons. The Hall–Kier alpha value is -1.46. The molecule has 0 aromatic heterocycles. The largest absolute Gasteiger partial charge is 0.326 e. The molecule has 0 saturated heterocycles. The molecule has 1 amide bonds. The van der Waals surface area contributed by atoms with Crippen molar-refractivity contribution in [2.75, 3.05) is 6.61 Å². The molecule has 5 heteroatoms. The molecule has 1 unspecified atom stereocenters. The van der Waals surface area contributed by atoms with Crippen LogP contribution in [0.15, 0.2) is 12.1 Å². The molecule has 1 rings (SSSR count). The lowest BCUT2D eigenvalue weighted by Gasteiger charge is -2.11. The van der Waals surface area contributed by atoms with E-state index in [0.29, 0.717) is 16.7 Å². The van der Waals surface area contributed by atoms with E-state index in [1.807, 2.05) is 0 Å². The molecular formula is C12H17FN2O2. The highest BCUT2D eigenvalue weighted by molar-refractivity contribution is 5.96. The third kappa shape index (κ3) is 3.80. The molecular weight excluding hydrogens is 223 g/mol. The Morgan fingerprint density at radius 3 is 2.47 bits per heavy atom. The van der Waals surface area contributed by atoms with Crippen molar-refractivity contribution in [1.29, 1.82) is 0 Å². The maximum absolute atomic E-state index is 13.1. The highest BCUT2D eigenvalue weighted by Gasteiger charge is 2.13. The minimum absolute atomic E-state index is 0.161. The van der Waals surface area contributed by atoms with Crippen LogP contribution in [0.3, 0.4) is 0 Å². The molecule has 94 valence electrons. The number of benzene rings is 1. The van der Waals surface area contributed by atoms with Crippen LogP contribution in [0.25, 0.3) is 0 Å². The molecule has 0 heterocycles. The van der Waals surface area contributed by atoms with Gasteiger partial charge in [-0.3, -0.25) is 9.63 Å². The summed E-state index contributed by atoms with van der Waals surface area (Å²) < 4.78 is 13.1. The van der Waals surface area contributed by atoms with Crippen molar-refractivity contribution < 1.29 is 14.0 Å². The number of hydrogen-bond acceptors (Lipinski definition) is 3. The molecule has 1 atom stereocenters. The number of carbonyl (C=O) groups excluding carboxylic acids is 1. The van der Waals surface area contributed by atoms with Gasteiger partial charge < -0.3 is 5.73 Å². The summed E-state index contributed by atoms with van der Waals surface area (Å²) in [5, 5.41) is 0. The zero-order valence-electron chi connectivity index (χ0n) is 10.2. The van der Waals surface area contributed by atoms with Crippen LogP contribution in [-0.4, -0.2) is 18.6 Å². The predicted octanol–water partition coefficient (Wildman–Crippen LogP) is 1.45. The molecule has 0 fully saturated rings. The van der Waals surface area contributed by atoms with Crippen molar-refractivity contribution >= 4 is 5.91 Å². The quantitative estimate of drug-likeness (QED) is 0.783. The van der Waals surface area contributed by atoms with Gasteiger partial charge in [-0.05, 0) is 44.0 Å². The molecule has 4 nitrogen and oxygen atoms in total. The fourth-order valence-corrected chi connectivity index (χ4v) is 1.56. The average Bonchev–Trinajstić information content (AvgIpc) is 2.14. The number of hydroxylamine groups is 1. The van der Waals surface area contributed by atoms with Gasteiger partial charge in [-0.2, -0.15) is 0 Å². The highest BCUT2D eigenvalue weighted by atomic mass is 19.1. The average molecular weight is 240 g/mol. The minimum atomic E-state index is -0.388. The van der Waals surface area contributed by atoms with E-state index in [1.165, 1.54) is 12.1 Å². The van der Waals surface area contributed by atoms with Crippen molar-refractivity contribution in [2.45, 2.75) is 26.8 Å². The van der Waals surface area contributed by atoms with E-state index in [2.05, 4.69) is 5.48 Å². The second-order valence-corrected chi connectivity index (χ2v) is 4.13. The number of nitrogens with two attached hydrogens (primary N) is 1. The maximum atomic E-state index is 13.1. The van der Waals surface area contributed by atoms with E-state index in [-0.39, 0.29) is 24.4 Å². The van der Waals surface area contributed by atoms with Crippen molar-refractivity contribution in [3.05, 3.63) is 34.6 Å². The zero-order chi connectivity index (χ0) is 13.0. The Morgan fingerprint density at radius 1 is 1.47 bits per heavy atom. The van der Waals surface area contributed by atoms with Gasteiger partial charge in [-0.25, -0.2) is 9.87 Å². The van der Waals surface area contributed by atoms with Crippen LogP contribution in [0.1, 0.15) is 28.4 Å². The van der Waals surface area contributed by atoms with Gasteiger partial charge >= 0.3 is 0 Å². The number of amides is 1. The minimum Gasteiger partial charge on any atom is -0.326 e. The molecule has 0 aliphatic heterocycles. The van der Waals surface area contributed by atoms with Gasteiger partial charge in [-0.1, -0.05) is 0 Å². The number of aryl methyl sites for hydroxylation is 2. The van der Waals surface area contributed by atoms with Crippen molar-refractivity contribution in [3.63, 3.8) is 0 Å². The first-order valence-corrected chi connectivity index (χ1v) is 5.36. The molecule has 17 heavy (non-hydrogen) atoms. The van der Waals surface area contributed by atoms with E-state index in [9.17, 15) is 9.18 Å². The number of carbonyl (C=O) groups is 1. The van der Waals surface area contributed by atoms with Crippen molar-refractivity contribution in [1.82, 2.24) is 5.48 Å². The fourth-order valence-electron chi connectivity index (χ4n) is 1.56. The zero-order valence-corrected chi connectivity index (χ0v) is 10.2. The number of nitrogens with one attached hydrogen (secondary N) is 1. The third-order valence-corrected chi connectivity index (χ3v) is 2.24. The van der Waals surface area contributed by atoms with E-state index >= 15 is 0 Å². The maximum Gasteiger partial charge on any atom is 0.275 e. The second kappa shape index (κ2) is 5.75. The Morgan fingerprint density at radius 2 is 2.00 bits per heavy atom.